The van der Waals surface area contributed by atoms with Gasteiger partial charge < -0.3 is 14.8 Å². The minimum absolute atomic E-state index is 0.160. The van der Waals surface area contributed by atoms with Gasteiger partial charge in [0.1, 0.15) is 19.0 Å². The predicted molar refractivity (Wildman–Crippen MR) is 161 cm³/mol. The number of fused-ring (bicyclic) bond motifs is 1. The van der Waals surface area contributed by atoms with Crippen LogP contribution in [0.25, 0.3) is 16.8 Å². The Morgan fingerprint density at radius 1 is 1.02 bits per heavy atom. The summed E-state index contributed by atoms with van der Waals surface area (Å²) in [5.74, 6) is -0.742. The number of anilines is 1. The molecule has 0 saturated carbocycles. The first-order valence-corrected chi connectivity index (χ1v) is 14.3. The van der Waals surface area contributed by atoms with E-state index in [0.29, 0.717) is 34.7 Å². The third-order valence-corrected chi connectivity index (χ3v) is 7.66. The maximum atomic E-state index is 13.4. The van der Waals surface area contributed by atoms with Crippen LogP contribution in [0.3, 0.4) is 0 Å². The minimum Gasteiger partial charge on any atom is -0.490 e. The average Bonchev–Trinajstić information content (AvgIpc) is 3.20. The smallest absolute Gasteiger partial charge is 0.294 e. The van der Waals surface area contributed by atoms with Gasteiger partial charge in [-0.1, -0.05) is 48.5 Å². The number of carbonyl (C=O) groups is 3. The van der Waals surface area contributed by atoms with Crippen molar-refractivity contribution in [2.24, 2.45) is 0 Å². The van der Waals surface area contributed by atoms with Crippen molar-refractivity contribution in [3.8, 4) is 11.5 Å². The molecule has 0 spiro atoms. The van der Waals surface area contributed by atoms with Gasteiger partial charge in [0.05, 0.1) is 16.0 Å². The predicted octanol–water partition coefficient (Wildman–Crippen LogP) is 7.39. The van der Waals surface area contributed by atoms with Crippen LogP contribution in [0.5, 0.6) is 11.5 Å². The zero-order chi connectivity index (χ0) is 28.9. The van der Waals surface area contributed by atoms with Gasteiger partial charge >= 0.3 is 0 Å². The molecule has 0 aromatic heterocycles. The number of carbonyl (C=O) groups excluding carboxylic acids is 3. The molecule has 7 nitrogen and oxygen atoms in total. The number of halogens is 2. The summed E-state index contributed by atoms with van der Waals surface area (Å²) in [5, 5.41) is 4.14. The normalized spacial score (nSPS) is 14.1. The van der Waals surface area contributed by atoms with Crippen molar-refractivity contribution in [2.75, 3.05) is 18.5 Å². The van der Waals surface area contributed by atoms with Gasteiger partial charge in [0.2, 0.25) is 5.91 Å². The Bertz CT molecular complexity index is 1690. The quantitative estimate of drug-likeness (QED) is 0.193. The van der Waals surface area contributed by atoms with Gasteiger partial charge in [-0.3, -0.25) is 19.3 Å². The first-order chi connectivity index (χ1) is 19.8. The Morgan fingerprint density at radius 2 is 1.80 bits per heavy atom. The van der Waals surface area contributed by atoms with Gasteiger partial charge in [0, 0.05) is 5.69 Å². The first-order valence-electron chi connectivity index (χ1n) is 12.7. The number of nitrogens with one attached hydrogen (secondary N) is 1. The first kappa shape index (κ1) is 28.4. The molecule has 10 heteroatoms. The number of ether oxygens (including phenoxy) is 2. The molecule has 0 atom stereocenters. The highest BCUT2D eigenvalue weighted by Crippen LogP contribution is 2.40. The van der Waals surface area contributed by atoms with Crippen LogP contribution in [0.1, 0.15) is 18.1 Å². The molecular formula is C31H24BrFN2O5S. The number of amides is 3. The number of nitrogens with zero attached hydrogens (tertiary/aromatic N) is 1. The second-order valence-electron chi connectivity index (χ2n) is 9.02. The Balaban J connectivity index is 1.32. The molecule has 1 saturated heterocycles. The summed E-state index contributed by atoms with van der Waals surface area (Å²) < 4.78 is 26.1. The highest BCUT2D eigenvalue weighted by Gasteiger charge is 2.36. The molecule has 0 aliphatic carbocycles. The van der Waals surface area contributed by atoms with Gasteiger partial charge in [-0.25, -0.2) is 4.39 Å². The fourth-order valence-electron chi connectivity index (χ4n) is 4.34. The summed E-state index contributed by atoms with van der Waals surface area (Å²) in [5.41, 5.74) is 1.86. The van der Waals surface area contributed by atoms with Gasteiger partial charge in [0.15, 0.2) is 11.5 Å². The van der Waals surface area contributed by atoms with Crippen molar-refractivity contribution in [1.82, 2.24) is 4.90 Å². The fourth-order valence-corrected chi connectivity index (χ4v) is 5.75. The molecule has 1 heterocycles. The standard InChI is InChI=1S/C31H24BrFN2O5S/c1-2-39-26-14-19(13-25(32)29(26)40-18-21-9-5-8-20-7-3-4-12-24(20)21)15-27-30(37)35(31(38)41-27)17-28(36)34-23-11-6-10-22(33)16-23/h3-16H,2,17-18H2,1H3,(H,34,36)/b27-15+. The highest BCUT2D eigenvalue weighted by atomic mass is 79.9. The number of rotatable bonds is 9. The lowest BCUT2D eigenvalue weighted by molar-refractivity contribution is -0.127. The Morgan fingerprint density at radius 3 is 2.61 bits per heavy atom. The molecule has 1 aliphatic rings. The van der Waals surface area contributed by atoms with Crippen molar-refractivity contribution in [1.29, 1.82) is 0 Å². The Kier molecular flexibility index (Phi) is 8.70. The Labute approximate surface area is 248 Å². The summed E-state index contributed by atoms with van der Waals surface area (Å²) in [6.07, 6.45) is 1.57. The van der Waals surface area contributed by atoms with E-state index in [0.717, 1.165) is 39.1 Å². The van der Waals surface area contributed by atoms with E-state index in [-0.39, 0.29) is 10.6 Å². The second kappa shape index (κ2) is 12.6. The maximum Gasteiger partial charge on any atom is 0.294 e. The van der Waals surface area contributed by atoms with Crippen LogP contribution in [-0.2, 0) is 16.2 Å². The van der Waals surface area contributed by atoms with Crippen LogP contribution in [0, 0.1) is 5.82 Å². The SMILES string of the molecule is CCOc1cc(/C=C2/SC(=O)N(CC(=O)Nc3cccc(F)c3)C2=O)cc(Br)c1OCc1cccc2ccccc12. The zero-order valence-electron chi connectivity index (χ0n) is 21.9. The monoisotopic (exact) mass is 634 g/mol. The number of hydrogen-bond donors (Lipinski definition) is 1. The van der Waals surface area contributed by atoms with E-state index in [4.69, 9.17) is 9.47 Å². The lowest BCUT2D eigenvalue weighted by Gasteiger charge is -2.16. The van der Waals surface area contributed by atoms with Crippen LogP contribution in [-0.4, -0.2) is 35.1 Å². The molecule has 5 rings (SSSR count). The van der Waals surface area contributed by atoms with E-state index in [2.05, 4.69) is 21.2 Å². The number of hydrogen-bond acceptors (Lipinski definition) is 6. The van der Waals surface area contributed by atoms with Crippen molar-refractivity contribution in [2.45, 2.75) is 13.5 Å². The summed E-state index contributed by atoms with van der Waals surface area (Å²) in [4.78, 5) is 39.0. The minimum atomic E-state index is -0.617. The molecular weight excluding hydrogens is 611 g/mol. The van der Waals surface area contributed by atoms with Crippen LogP contribution in [0.2, 0.25) is 0 Å². The topological polar surface area (TPSA) is 84.9 Å². The molecule has 0 unspecified atom stereocenters. The zero-order valence-corrected chi connectivity index (χ0v) is 24.3. The van der Waals surface area contributed by atoms with E-state index in [1.54, 1.807) is 18.2 Å². The van der Waals surface area contributed by atoms with Gasteiger partial charge in [0.25, 0.3) is 11.1 Å². The van der Waals surface area contributed by atoms with Crippen molar-refractivity contribution in [3.63, 3.8) is 0 Å². The molecule has 1 fully saturated rings. The molecule has 4 aromatic rings. The Hall–Kier alpha value is -4.15. The van der Waals surface area contributed by atoms with E-state index < -0.39 is 29.4 Å². The van der Waals surface area contributed by atoms with Crippen LogP contribution < -0.4 is 14.8 Å². The van der Waals surface area contributed by atoms with E-state index in [9.17, 15) is 18.8 Å². The van der Waals surface area contributed by atoms with Gasteiger partial charge in [-0.2, -0.15) is 0 Å². The maximum absolute atomic E-state index is 13.4. The summed E-state index contributed by atoms with van der Waals surface area (Å²) in [6, 6.07) is 23.0. The van der Waals surface area contributed by atoms with Gasteiger partial charge in [-0.05, 0) is 92.9 Å². The third-order valence-electron chi connectivity index (χ3n) is 6.17. The molecule has 1 N–H and O–H groups in total. The summed E-state index contributed by atoms with van der Waals surface area (Å²) in [6.45, 7) is 2.07. The van der Waals surface area contributed by atoms with Crippen LogP contribution in [0.15, 0.2) is 88.2 Å². The van der Waals surface area contributed by atoms with E-state index >= 15 is 0 Å². The van der Waals surface area contributed by atoms with Gasteiger partial charge in [-0.15, -0.1) is 0 Å². The third kappa shape index (κ3) is 6.61. The second-order valence-corrected chi connectivity index (χ2v) is 10.9. The number of benzene rings is 4. The number of thioether (sulfide) groups is 1. The van der Waals surface area contributed by atoms with E-state index in [1.807, 2.05) is 49.4 Å². The molecule has 208 valence electrons. The largest absolute Gasteiger partial charge is 0.490 e. The molecule has 0 bridgehead atoms. The van der Waals surface area contributed by atoms with E-state index in [1.165, 1.54) is 18.2 Å². The highest BCUT2D eigenvalue weighted by molar-refractivity contribution is 9.10. The molecule has 0 radical (unpaired) electrons. The molecule has 1 aliphatic heterocycles. The summed E-state index contributed by atoms with van der Waals surface area (Å²) in [7, 11) is 0. The fraction of sp³-hybridized carbons (Fsp3) is 0.129. The van der Waals surface area contributed by atoms with Crippen molar-refractivity contribution >= 4 is 67.3 Å². The molecule has 41 heavy (non-hydrogen) atoms. The molecule has 4 aromatic carbocycles. The van der Waals surface area contributed by atoms with Crippen molar-refractivity contribution < 1.29 is 28.2 Å². The lowest BCUT2D eigenvalue weighted by Crippen LogP contribution is -2.36. The number of imide groups is 1. The van der Waals surface area contributed by atoms with Crippen molar-refractivity contribution in [3.05, 3.63) is 105 Å². The van der Waals surface area contributed by atoms with Crippen LogP contribution >= 0.6 is 27.7 Å². The molecule has 3 amide bonds. The van der Waals surface area contributed by atoms with Crippen LogP contribution in [0.4, 0.5) is 14.9 Å². The lowest BCUT2D eigenvalue weighted by atomic mass is 10.1. The summed E-state index contributed by atoms with van der Waals surface area (Å²) >= 11 is 4.30. The average molecular weight is 636 g/mol.